The molecule has 2 aromatic heterocycles. The minimum Gasteiger partial charge on any atom is -0.388 e. The zero-order chi connectivity index (χ0) is 18.3. The van der Waals surface area contributed by atoms with E-state index in [0.29, 0.717) is 0 Å². The lowest BCUT2D eigenvalue weighted by molar-refractivity contribution is -0.0797. The number of ether oxygens (including phenoxy) is 1. The zero-order valence-electron chi connectivity index (χ0n) is 12.9. The van der Waals surface area contributed by atoms with Crippen LogP contribution in [0.3, 0.4) is 0 Å². The molecule has 1 fully saturated rings. The Morgan fingerprint density at radius 3 is 2.92 bits per heavy atom. The van der Waals surface area contributed by atoms with Crippen molar-refractivity contribution in [3.05, 3.63) is 20.8 Å². The highest BCUT2D eigenvalue weighted by molar-refractivity contribution is 5.72. The maximum Gasteiger partial charge on any atom is 0.333 e. The predicted octanol–water partition coefficient (Wildman–Crippen LogP) is -1.92. The maximum absolute atomic E-state index is 12.7. The summed E-state index contributed by atoms with van der Waals surface area (Å²) in [5, 5.41) is 19.8. The van der Waals surface area contributed by atoms with Crippen LogP contribution in [0.4, 0.5) is 10.3 Å². The van der Waals surface area contributed by atoms with Crippen molar-refractivity contribution in [3.63, 3.8) is 0 Å². The second-order valence-electron chi connectivity index (χ2n) is 5.66. The molecule has 0 unspecified atom stereocenters. The smallest absolute Gasteiger partial charge is 0.333 e. The van der Waals surface area contributed by atoms with Crippen LogP contribution in [0.2, 0.25) is 0 Å². The number of nitrogen functional groups attached to an aromatic ring is 1. The van der Waals surface area contributed by atoms with Crippen molar-refractivity contribution in [1.29, 1.82) is 0 Å². The number of rotatable bonds is 4. The Balaban J connectivity index is 2.20. The Morgan fingerprint density at radius 1 is 1.56 bits per heavy atom. The van der Waals surface area contributed by atoms with Crippen LogP contribution in [0, 0.1) is 12.3 Å². The number of aliphatic hydroxyl groups excluding tert-OH is 2. The minimum atomic E-state index is -1.45. The predicted molar refractivity (Wildman–Crippen MR) is 84.4 cm³/mol. The van der Waals surface area contributed by atoms with Gasteiger partial charge in [0.05, 0.1) is 12.6 Å². The molecule has 25 heavy (non-hydrogen) atoms. The van der Waals surface area contributed by atoms with E-state index in [-0.39, 0.29) is 30.1 Å². The van der Waals surface area contributed by atoms with Gasteiger partial charge >= 0.3 is 5.69 Å². The van der Waals surface area contributed by atoms with E-state index in [4.69, 9.17) is 16.9 Å². The second-order valence-corrected chi connectivity index (χ2v) is 5.66. The van der Waals surface area contributed by atoms with Crippen molar-refractivity contribution in [2.45, 2.75) is 37.5 Å². The van der Waals surface area contributed by atoms with Gasteiger partial charge in [0.25, 0.3) is 5.56 Å². The van der Waals surface area contributed by atoms with E-state index < -0.39 is 42.5 Å². The number of anilines is 1. The number of alkyl halides is 1. The van der Waals surface area contributed by atoms with Gasteiger partial charge in [0, 0.05) is 6.42 Å². The van der Waals surface area contributed by atoms with Crippen molar-refractivity contribution < 1.29 is 19.3 Å². The van der Waals surface area contributed by atoms with E-state index in [1.54, 1.807) is 0 Å². The molecule has 0 bridgehead atoms. The average molecular weight is 353 g/mol. The first-order chi connectivity index (χ1) is 11.9. The first-order valence-electron chi connectivity index (χ1n) is 7.40. The van der Waals surface area contributed by atoms with Crippen molar-refractivity contribution in [1.82, 2.24) is 19.1 Å². The molecule has 11 heteroatoms. The Morgan fingerprint density at radius 2 is 2.28 bits per heavy atom. The monoisotopic (exact) mass is 353 g/mol. The number of nitrogens with zero attached hydrogens (tertiary/aromatic N) is 3. The first kappa shape index (κ1) is 17.2. The Bertz CT molecular complexity index is 957. The molecule has 1 saturated heterocycles. The minimum absolute atomic E-state index is 0.0946. The normalized spacial score (nSPS) is 24.5. The number of aromatic amines is 1. The number of terminal acetylenes is 1. The van der Waals surface area contributed by atoms with Gasteiger partial charge in [0.1, 0.15) is 18.9 Å². The topological polar surface area (TPSA) is 148 Å². The maximum atomic E-state index is 12.7. The lowest BCUT2D eigenvalue weighted by Crippen LogP contribution is -2.32. The zero-order valence-corrected chi connectivity index (χ0v) is 12.9. The third-order valence-electron chi connectivity index (χ3n) is 4.04. The quantitative estimate of drug-likeness (QED) is 0.468. The van der Waals surface area contributed by atoms with Gasteiger partial charge in [-0.1, -0.05) is 5.92 Å². The molecule has 0 saturated carbocycles. The molecule has 3 rings (SSSR count). The largest absolute Gasteiger partial charge is 0.388 e. The summed E-state index contributed by atoms with van der Waals surface area (Å²) in [7, 11) is 0. The van der Waals surface area contributed by atoms with Crippen LogP contribution >= 0.6 is 0 Å². The molecule has 0 spiro atoms. The summed E-state index contributed by atoms with van der Waals surface area (Å²) in [5.41, 5.74) is 3.87. The standard InChI is InChI=1S/C14H16FN5O5/c1-2-3-19-9-10(17-13(16)18-11(9)23)20(14(19)24)12-6(21)4-8(25-12)7(22)5-15/h1,6-8,12,21-22H,3-5H2,(H3,16,17,18,23)/t6-,7-,8+,12-/m1/s1. The number of aromatic nitrogens is 4. The van der Waals surface area contributed by atoms with Gasteiger partial charge in [-0.15, -0.1) is 6.42 Å². The molecular formula is C14H16FN5O5. The molecule has 2 aromatic rings. The first-order valence-corrected chi connectivity index (χ1v) is 7.40. The number of hydrogen-bond donors (Lipinski definition) is 4. The number of aliphatic hydroxyl groups is 2. The van der Waals surface area contributed by atoms with Crippen molar-refractivity contribution >= 4 is 17.1 Å². The highest BCUT2D eigenvalue weighted by atomic mass is 19.1. The van der Waals surface area contributed by atoms with Crippen LogP contribution in [0.15, 0.2) is 9.59 Å². The van der Waals surface area contributed by atoms with E-state index in [9.17, 15) is 24.2 Å². The van der Waals surface area contributed by atoms with Gasteiger partial charge in [-0.05, 0) is 0 Å². The SMILES string of the molecule is C#CCn1c(=O)n([C@@H]2O[C@H]([C@H](O)CF)C[C@H]2O)c2nc(N)[nH]c(=O)c21. The summed E-state index contributed by atoms with van der Waals surface area (Å²) in [6.07, 6.45) is 0.189. The van der Waals surface area contributed by atoms with Gasteiger partial charge in [-0.2, -0.15) is 4.98 Å². The number of nitrogens with one attached hydrogen (secondary N) is 1. The molecular weight excluding hydrogens is 337 g/mol. The van der Waals surface area contributed by atoms with Crippen LogP contribution in [0.5, 0.6) is 0 Å². The van der Waals surface area contributed by atoms with Crippen molar-refractivity contribution in [2.24, 2.45) is 0 Å². The molecule has 0 radical (unpaired) electrons. The number of hydrogen-bond acceptors (Lipinski definition) is 7. The average Bonchev–Trinajstić information content (AvgIpc) is 3.05. The Kier molecular flexibility index (Phi) is 4.34. The fourth-order valence-corrected chi connectivity index (χ4v) is 2.93. The fraction of sp³-hybridized carbons (Fsp3) is 0.500. The summed E-state index contributed by atoms with van der Waals surface area (Å²) in [4.78, 5) is 31.1. The lowest BCUT2D eigenvalue weighted by atomic mass is 10.1. The molecule has 134 valence electrons. The van der Waals surface area contributed by atoms with E-state index in [0.717, 1.165) is 9.13 Å². The third kappa shape index (κ3) is 2.70. The van der Waals surface area contributed by atoms with Crippen LogP contribution in [-0.4, -0.2) is 54.3 Å². The lowest BCUT2D eigenvalue weighted by Gasteiger charge is -2.17. The highest BCUT2D eigenvalue weighted by Crippen LogP contribution is 2.31. The number of H-pyrrole nitrogens is 1. The number of fused-ring (bicyclic) bond motifs is 1. The van der Waals surface area contributed by atoms with Gasteiger partial charge in [0.15, 0.2) is 17.4 Å². The molecule has 0 aromatic carbocycles. The number of nitrogens with two attached hydrogens (primary N) is 1. The number of imidazole rings is 1. The summed E-state index contributed by atoms with van der Waals surface area (Å²) >= 11 is 0. The van der Waals surface area contributed by atoms with Gasteiger partial charge in [-0.3, -0.25) is 14.3 Å². The van der Waals surface area contributed by atoms with E-state index in [2.05, 4.69) is 15.9 Å². The molecule has 3 heterocycles. The van der Waals surface area contributed by atoms with Crippen LogP contribution < -0.4 is 17.0 Å². The molecule has 0 aliphatic carbocycles. The van der Waals surface area contributed by atoms with E-state index >= 15 is 0 Å². The van der Waals surface area contributed by atoms with E-state index in [1.165, 1.54) is 0 Å². The van der Waals surface area contributed by atoms with Gasteiger partial charge < -0.3 is 20.7 Å². The second kappa shape index (κ2) is 6.32. The summed E-state index contributed by atoms with van der Waals surface area (Å²) in [6.45, 7) is -1.28. The van der Waals surface area contributed by atoms with Gasteiger partial charge in [-0.25, -0.2) is 13.8 Å². The van der Waals surface area contributed by atoms with Crippen molar-refractivity contribution in [2.75, 3.05) is 12.4 Å². The molecule has 10 nitrogen and oxygen atoms in total. The van der Waals surface area contributed by atoms with Crippen LogP contribution in [-0.2, 0) is 11.3 Å². The van der Waals surface area contributed by atoms with Crippen molar-refractivity contribution in [3.8, 4) is 12.3 Å². The van der Waals surface area contributed by atoms with Crippen LogP contribution in [0.25, 0.3) is 11.2 Å². The summed E-state index contributed by atoms with van der Waals surface area (Å²) in [6, 6.07) is 0. The Labute approximate surface area is 139 Å². The third-order valence-corrected chi connectivity index (χ3v) is 4.04. The summed E-state index contributed by atoms with van der Waals surface area (Å²) in [5.74, 6) is 2.02. The molecule has 1 aliphatic heterocycles. The van der Waals surface area contributed by atoms with Crippen LogP contribution in [0.1, 0.15) is 12.6 Å². The molecule has 1 aliphatic rings. The summed E-state index contributed by atoms with van der Waals surface area (Å²) < 4.78 is 20.0. The highest BCUT2D eigenvalue weighted by Gasteiger charge is 2.41. The fourth-order valence-electron chi connectivity index (χ4n) is 2.93. The molecule has 5 N–H and O–H groups in total. The molecule has 4 atom stereocenters. The Hall–Kier alpha value is -2.68. The van der Waals surface area contributed by atoms with E-state index in [1.807, 2.05) is 0 Å². The molecule has 0 amide bonds. The number of halogens is 1. The van der Waals surface area contributed by atoms with Gasteiger partial charge in [0.2, 0.25) is 5.95 Å².